The Morgan fingerprint density at radius 3 is 2.61 bits per heavy atom. The SMILES string of the molecule is CC(C)(C)OC(=O)n1cc2c(n1)CCC(N(C(=O)c1cccc3c1CCN3CC1CCOCC1)C1CC1)C2. The molecule has 2 fully saturated rings. The lowest BCUT2D eigenvalue weighted by Crippen LogP contribution is -2.45. The van der Waals surface area contributed by atoms with E-state index in [1.54, 1.807) is 6.20 Å². The monoisotopic (exact) mass is 520 g/mol. The maximum absolute atomic E-state index is 14.2. The Labute approximate surface area is 225 Å². The lowest BCUT2D eigenvalue weighted by Gasteiger charge is -2.35. The van der Waals surface area contributed by atoms with Crippen LogP contribution < -0.4 is 4.90 Å². The molecule has 3 heterocycles. The number of amides is 1. The number of ether oxygens (including phenoxy) is 2. The first kappa shape index (κ1) is 25.4. The molecule has 0 bridgehead atoms. The maximum atomic E-state index is 14.2. The highest BCUT2D eigenvalue weighted by Crippen LogP contribution is 2.38. The van der Waals surface area contributed by atoms with Gasteiger partial charge in [0.15, 0.2) is 0 Å². The fraction of sp³-hybridized carbons (Fsp3) is 0.633. The van der Waals surface area contributed by atoms with Gasteiger partial charge < -0.3 is 19.3 Å². The molecule has 0 N–H and O–H groups in total. The summed E-state index contributed by atoms with van der Waals surface area (Å²) in [6.45, 7) is 9.32. The Balaban J connectivity index is 1.20. The molecule has 4 aliphatic rings. The van der Waals surface area contributed by atoms with E-state index in [1.807, 2.05) is 26.8 Å². The number of fused-ring (bicyclic) bond motifs is 2. The van der Waals surface area contributed by atoms with Gasteiger partial charge in [0.05, 0.1) is 5.69 Å². The van der Waals surface area contributed by atoms with Crippen molar-refractivity contribution in [3.63, 3.8) is 0 Å². The van der Waals surface area contributed by atoms with Crippen molar-refractivity contribution in [1.29, 1.82) is 0 Å². The quantitative estimate of drug-likeness (QED) is 0.573. The molecular formula is C30H40N4O4. The molecule has 2 aliphatic heterocycles. The molecule has 0 radical (unpaired) electrons. The number of aryl methyl sites for hydroxylation is 1. The predicted octanol–water partition coefficient (Wildman–Crippen LogP) is 4.62. The number of aromatic nitrogens is 2. The van der Waals surface area contributed by atoms with Crippen LogP contribution >= 0.6 is 0 Å². The topological polar surface area (TPSA) is 76.9 Å². The highest BCUT2D eigenvalue weighted by atomic mass is 16.6. The summed E-state index contributed by atoms with van der Waals surface area (Å²) in [6.07, 6.45) is 9.00. The molecule has 6 rings (SSSR count). The average Bonchev–Trinajstić information content (AvgIpc) is 3.48. The minimum absolute atomic E-state index is 0.120. The molecule has 1 aromatic carbocycles. The molecule has 0 spiro atoms. The summed E-state index contributed by atoms with van der Waals surface area (Å²) in [7, 11) is 0. The van der Waals surface area contributed by atoms with Crippen molar-refractivity contribution in [3.8, 4) is 0 Å². The van der Waals surface area contributed by atoms with Crippen molar-refractivity contribution in [2.24, 2.45) is 5.92 Å². The number of nitrogens with zero attached hydrogens (tertiary/aromatic N) is 4. The molecule has 2 aliphatic carbocycles. The van der Waals surface area contributed by atoms with Crippen LogP contribution in [-0.2, 0) is 28.7 Å². The third-order valence-corrected chi connectivity index (χ3v) is 8.37. The van der Waals surface area contributed by atoms with Gasteiger partial charge in [-0.25, -0.2) is 4.79 Å². The van der Waals surface area contributed by atoms with Crippen molar-refractivity contribution in [1.82, 2.24) is 14.7 Å². The second kappa shape index (κ2) is 10.0. The fourth-order valence-electron chi connectivity index (χ4n) is 6.38. The Bertz CT molecular complexity index is 1210. The number of benzene rings is 1. The highest BCUT2D eigenvalue weighted by Gasteiger charge is 2.41. The Kier molecular flexibility index (Phi) is 6.70. The maximum Gasteiger partial charge on any atom is 0.435 e. The van der Waals surface area contributed by atoms with Gasteiger partial charge in [0.1, 0.15) is 5.60 Å². The number of rotatable bonds is 5. The molecule has 38 heavy (non-hydrogen) atoms. The second-order valence-electron chi connectivity index (χ2n) is 12.4. The second-order valence-corrected chi connectivity index (χ2v) is 12.4. The van der Waals surface area contributed by atoms with Gasteiger partial charge in [-0.1, -0.05) is 6.07 Å². The van der Waals surface area contributed by atoms with Crippen LogP contribution in [0.15, 0.2) is 24.4 Å². The first-order valence-corrected chi connectivity index (χ1v) is 14.3. The zero-order valence-corrected chi connectivity index (χ0v) is 22.9. The first-order valence-electron chi connectivity index (χ1n) is 14.3. The van der Waals surface area contributed by atoms with Gasteiger partial charge in [-0.15, -0.1) is 0 Å². The number of hydrogen-bond acceptors (Lipinski definition) is 6. The number of hydrogen-bond donors (Lipinski definition) is 0. The highest BCUT2D eigenvalue weighted by molar-refractivity contribution is 5.98. The van der Waals surface area contributed by atoms with Gasteiger partial charge in [-0.05, 0) is 101 Å². The van der Waals surface area contributed by atoms with Crippen molar-refractivity contribution in [3.05, 3.63) is 46.8 Å². The van der Waals surface area contributed by atoms with Crippen LogP contribution in [0.5, 0.6) is 0 Å². The summed E-state index contributed by atoms with van der Waals surface area (Å²) in [4.78, 5) is 31.4. The van der Waals surface area contributed by atoms with Crippen molar-refractivity contribution in [2.45, 2.75) is 89.8 Å². The molecule has 2 aromatic rings. The molecule has 1 saturated heterocycles. The number of carbonyl (C=O) groups excluding carboxylic acids is 2. The van der Waals surface area contributed by atoms with E-state index in [9.17, 15) is 9.59 Å². The zero-order chi connectivity index (χ0) is 26.4. The predicted molar refractivity (Wildman–Crippen MR) is 145 cm³/mol. The number of anilines is 1. The Morgan fingerprint density at radius 1 is 1.08 bits per heavy atom. The van der Waals surface area contributed by atoms with Crippen LogP contribution in [-0.4, -0.2) is 70.7 Å². The molecule has 8 heteroatoms. The zero-order valence-electron chi connectivity index (χ0n) is 22.9. The Morgan fingerprint density at radius 2 is 1.87 bits per heavy atom. The minimum Gasteiger partial charge on any atom is -0.442 e. The van der Waals surface area contributed by atoms with Crippen LogP contribution in [0.4, 0.5) is 10.5 Å². The first-order chi connectivity index (χ1) is 18.3. The summed E-state index contributed by atoms with van der Waals surface area (Å²) in [6, 6.07) is 6.71. The van der Waals surface area contributed by atoms with Gasteiger partial charge in [-0.2, -0.15) is 9.78 Å². The van der Waals surface area contributed by atoms with Crippen LogP contribution in [0, 0.1) is 5.92 Å². The van der Waals surface area contributed by atoms with E-state index >= 15 is 0 Å². The average molecular weight is 521 g/mol. The normalized spacial score (nSPS) is 21.7. The summed E-state index contributed by atoms with van der Waals surface area (Å²) in [5, 5.41) is 4.52. The molecule has 1 aromatic heterocycles. The lowest BCUT2D eigenvalue weighted by molar-refractivity contribution is 0.0513. The molecule has 1 atom stereocenters. The molecule has 1 unspecified atom stereocenters. The minimum atomic E-state index is -0.572. The summed E-state index contributed by atoms with van der Waals surface area (Å²) in [5.74, 6) is 0.834. The van der Waals surface area contributed by atoms with Gasteiger partial charge in [0.2, 0.25) is 0 Å². The standard InChI is InChI=1S/C30H40N4O4/c1-30(2,3)38-29(36)33-19-21-17-23(9-10-26(21)31-33)34(22-7-8-22)28(35)25-5-4-6-27-24(25)11-14-32(27)18-20-12-15-37-16-13-20/h4-6,19-20,22-23H,7-18H2,1-3H3. The molecule has 1 saturated carbocycles. The van der Waals surface area contributed by atoms with E-state index in [-0.39, 0.29) is 11.9 Å². The smallest absolute Gasteiger partial charge is 0.435 e. The molecule has 204 valence electrons. The number of carbonyl (C=O) groups is 2. The molecule has 1 amide bonds. The summed E-state index contributed by atoms with van der Waals surface area (Å²) >= 11 is 0. The van der Waals surface area contributed by atoms with Crippen LogP contribution in [0.25, 0.3) is 0 Å². The summed E-state index contributed by atoms with van der Waals surface area (Å²) < 4.78 is 12.4. The van der Waals surface area contributed by atoms with E-state index in [1.165, 1.54) is 15.9 Å². The van der Waals surface area contributed by atoms with Gasteiger partial charge in [0.25, 0.3) is 5.91 Å². The van der Waals surface area contributed by atoms with E-state index in [4.69, 9.17) is 9.47 Å². The molecule has 8 nitrogen and oxygen atoms in total. The van der Waals surface area contributed by atoms with Crippen LogP contribution in [0.3, 0.4) is 0 Å². The van der Waals surface area contributed by atoms with E-state index in [0.29, 0.717) is 12.0 Å². The van der Waals surface area contributed by atoms with Crippen molar-refractivity contribution >= 4 is 17.7 Å². The van der Waals surface area contributed by atoms with Crippen LogP contribution in [0.1, 0.15) is 80.1 Å². The lowest BCUT2D eigenvalue weighted by atomic mass is 9.91. The van der Waals surface area contributed by atoms with Crippen LogP contribution in [0.2, 0.25) is 0 Å². The largest absolute Gasteiger partial charge is 0.442 e. The van der Waals surface area contributed by atoms with E-state index < -0.39 is 11.7 Å². The summed E-state index contributed by atoms with van der Waals surface area (Å²) in [5.41, 5.74) is 4.75. The van der Waals surface area contributed by atoms with Gasteiger partial charge in [0, 0.05) is 55.8 Å². The Hall–Kier alpha value is -2.87. The van der Waals surface area contributed by atoms with E-state index in [0.717, 1.165) is 94.5 Å². The molecular weight excluding hydrogens is 480 g/mol. The van der Waals surface area contributed by atoms with Gasteiger partial charge >= 0.3 is 6.09 Å². The van der Waals surface area contributed by atoms with Crippen molar-refractivity contribution in [2.75, 3.05) is 31.2 Å². The third kappa shape index (κ3) is 5.20. The fourth-order valence-corrected chi connectivity index (χ4v) is 6.38. The van der Waals surface area contributed by atoms with E-state index in [2.05, 4.69) is 27.0 Å². The van der Waals surface area contributed by atoms with Crippen molar-refractivity contribution < 1.29 is 19.1 Å². The van der Waals surface area contributed by atoms with Gasteiger partial charge in [-0.3, -0.25) is 4.79 Å². The third-order valence-electron chi connectivity index (χ3n) is 8.37.